The highest BCUT2D eigenvalue weighted by Gasteiger charge is 2.53. The molecule has 2 aliphatic heterocycles. The van der Waals surface area contributed by atoms with Crippen molar-refractivity contribution in [3.05, 3.63) is 59.2 Å². The predicted molar refractivity (Wildman–Crippen MR) is 99.0 cm³/mol. The Kier molecular flexibility index (Phi) is 3.72. The van der Waals surface area contributed by atoms with E-state index in [-0.39, 0.29) is 11.7 Å². The van der Waals surface area contributed by atoms with Crippen LogP contribution in [0.15, 0.2) is 52.3 Å². The van der Waals surface area contributed by atoms with Gasteiger partial charge in [0.1, 0.15) is 5.84 Å². The van der Waals surface area contributed by atoms with E-state index in [4.69, 9.17) is 14.9 Å². The number of benzene rings is 2. The molecule has 1 fully saturated rings. The molecule has 4 nitrogen and oxygen atoms in total. The van der Waals surface area contributed by atoms with Gasteiger partial charge in [-0.25, -0.2) is 0 Å². The molecule has 0 atom stereocenters. The molecule has 2 aromatic carbocycles. The maximum absolute atomic E-state index is 8.08. The van der Waals surface area contributed by atoms with Gasteiger partial charge in [0.05, 0.1) is 0 Å². The second-order valence-electron chi connectivity index (χ2n) is 7.50. The second-order valence-corrected chi connectivity index (χ2v) is 8.65. The van der Waals surface area contributed by atoms with Crippen LogP contribution in [0.4, 0.5) is 0 Å². The maximum Gasteiger partial charge on any atom is 0.284 e. The van der Waals surface area contributed by atoms with Crippen molar-refractivity contribution in [1.82, 2.24) is 5.32 Å². The summed E-state index contributed by atoms with van der Waals surface area (Å²) in [5.74, 6) is -0.633. The fraction of sp³-hybridized carbons (Fsp3) is 0.350. The first-order valence-electron chi connectivity index (χ1n) is 8.42. The quantitative estimate of drug-likeness (QED) is 0.830. The molecule has 0 saturated carbocycles. The highest BCUT2D eigenvalue weighted by atomic mass is 32.2. The highest BCUT2D eigenvalue weighted by molar-refractivity contribution is 7.99. The molecule has 25 heavy (non-hydrogen) atoms. The summed E-state index contributed by atoms with van der Waals surface area (Å²) < 4.78 is 11.5. The van der Waals surface area contributed by atoms with Crippen LogP contribution in [-0.4, -0.2) is 12.1 Å². The van der Waals surface area contributed by atoms with Gasteiger partial charge in [-0.15, -0.1) is 0 Å². The van der Waals surface area contributed by atoms with E-state index in [9.17, 15) is 0 Å². The topological polar surface area (TPSA) is 54.3 Å². The van der Waals surface area contributed by atoms with Gasteiger partial charge < -0.3 is 5.32 Å². The smallest absolute Gasteiger partial charge is 0.284 e. The fourth-order valence-corrected chi connectivity index (χ4v) is 4.05. The van der Waals surface area contributed by atoms with Gasteiger partial charge in [0, 0.05) is 20.9 Å². The zero-order valence-electron chi connectivity index (χ0n) is 14.8. The minimum atomic E-state index is -0.974. The Labute approximate surface area is 152 Å². The Morgan fingerprint density at radius 1 is 1.04 bits per heavy atom. The average molecular weight is 354 g/mol. The zero-order chi connectivity index (χ0) is 17.8. The van der Waals surface area contributed by atoms with E-state index in [1.807, 2.05) is 19.1 Å². The lowest BCUT2D eigenvalue weighted by molar-refractivity contribution is -0.461. The van der Waals surface area contributed by atoms with Crippen LogP contribution in [0, 0.1) is 5.41 Å². The molecule has 2 aromatic rings. The van der Waals surface area contributed by atoms with Crippen molar-refractivity contribution in [2.24, 2.45) is 0 Å². The molecule has 0 aromatic heterocycles. The number of hydrogen-bond donors (Lipinski definition) is 2. The van der Waals surface area contributed by atoms with Crippen LogP contribution in [0.3, 0.4) is 0 Å². The highest BCUT2D eigenvalue weighted by Crippen LogP contribution is 2.44. The third-order valence-corrected chi connectivity index (χ3v) is 5.52. The summed E-state index contributed by atoms with van der Waals surface area (Å²) in [6.45, 7) is 8.51. The number of amidine groups is 1. The number of rotatable bonds is 2. The summed E-state index contributed by atoms with van der Waals surface area (Å²) in [6.07, 6.45) is -0.257. The summed E-state index contributed by atoms with van der Waals surface area (Å²) in [6, 6.07) is 14.8. The van der Waals surface area contributed by atoms with Crippen LogP contribution in [0.2, 0.25) is 0 Å². The molecule has 2 heterocycles. The van der Waals surface area contributed by atoms with E-state index in [0.29, 0.717) is 5.84 Å². The van der Waals surface area contributed by atoms with Gasteiger partial charge in [-0.3, -0.25) is 14.9 Å². The molecular formula is C20H22N2O2S. The third-order valence-electron chi connectivity index (χ3n) is 4.52. The second kappa shape index (κ2) is 5.59. The standard InChI is InChI=1S/C20H22N2O2S/c1-12-23-20(24-12)17-11-15(9-10-16(17)18(21)22-20)25-14-7-5-13(6-8-14)19(2,3)4/h5-12H,1-4H3,(H2,21,22). The lowest BCUT2D eigenvalue weighted by Crippen LogP contribution is -2.57. The largest absolute Gasteiger partial charge is 0.315 e. The van der Waals surface area contributed by atoms with Crippen molar-refractivity contribution in [2.75, 3.05) is 0 Å². The average Bonchev–Trinajstić information content (AvgIpc) is 2.80. The lowest BCUT2D eigenvalue weighted by atomic mass is 9.87. The number of ether oxygens (including phenoxy) is 2. The molecule has 5 heteroatoms. The van der Waals surface area contributed by atoms with Crippen LogP contribution in [0.1, 0.15) is 44.4 Å². The molecule has 2 N–H and O–H groups in total. The Bertz CT molecular complexity index is 834. The number of fused-ring (bicyclic) bond motifs is 2. The van der Waals surface area contributed by atoms with Crippen molar-refractivity contribution in [2.45, 2.75) is 55.1 Å². The van der Waals surface area contributed by atoms with Crippen molar-refractivity contribution in [1.29, 1.82) is 5.41 Å². The van der Waals surface area contributed by atoms with Crippen molar-refractivity contribution in [3.8, 4) is 0 Å². The Hall–Kier alpha value is -1.82. The van der Waals surface area contributed by atoms with E-state index < -0.39 is 5.91 Å². The zero-order valence-corrected chi connectivity index (χ0v) is 15.7. The van der Waals surface area contributed by atoms with Gasteiger partial charge in [-0.1, -0.05) is 44.7 Å². The summed E-state index contributed by atoms with van der Waals surface area (Å²) in [4.78, 5) is 2.29. The minimum absolute atomic E-state index is 0.158. The van der Waals surface area contributed by atoms with E-state index >= 15 is 0 Å². The van der Waals surface area contributed by atoms with E-state index in [2.05, 4.69) is 56.4 Å². The summed E-state index contributed by atoms with van der Waals surface area (Å²) in [5.41, 5.74) is 3.20. The summed E-state index contributed by atoms with van der Waals surface area (Å²) in [5, 5.41) is 11.1. The van der Waals surface area contributed by atoms with E-state index in [1.165, 1.54) is 10.5 Å². The Morgan fingerprint density at radius 3 is 2.28 bits per heavy atom. The summed E-state index contributed by atoms with van der Waals surface area (Å²) in [7, 11) is 0. The molecule has 0 bridgehead atoms. The maximum atomic E-state index is 8.08. The Morgan fingerprint density at radius 2 is 1.68 bits per heavy atom. The fourth-order valence-electron chi connectivity index (χ4n) is 3.20. The van der Waals surface area contributed by atoms with Crippen LogP contribution in [0.5, 0.6) is 0 Å². The van der Waals surface area contributed by atoms with Crippen molar-refractivity contribution < 1.29 is 9.47 Å². The van der Waals surface area contributed by atoms with Gasteiger partial charge in [0.2, 0.25) is 0 Å². The molecule has 130 valence electrons. The van der Waals surface area contributed by atoms with Gasteiger partial charge in [0.15, 0.2) is 6.29 Å². The lowest BCUT2D eigenvalue weighted by Gasteiger charge is -2.43. The first-order chi connectivity index (χ1) is 11.8. The predicted octanol–water partition coefficient (Wildman–Crippen LogP) is 4.57. The van der Waals surface area contributed by atoms with Gasteiger partial charge in [0.25, 0.3) is 5.91 Å². The van der Waals surface area contributed by atoms with Gasteiger partial charge >= 0.3 is 0 Å². The van der Waals surface area contributed by atoms with E-state index in [0.717, 1.165) is 16.0 Å². The van der Waals surface area contributed by atoms with Crippen molar-refractivity contribution >= 4 is 17.6 Å². The normalized spacial score (nSPS) is 24.8. The first kappa shape index (κ1) is 16.6. The van der Waals surface area contributed by atoms with Crippen LogP contribution < -0.4 is 5.32 Å². The molecule has 2 aliphatic rings. The van der Waals surface area contributed by atoms with E-state index in [1.54, 1.807) is 11.8 Å². The minimum Gasteiger partial charge on any atom is -0.315 e. The SMILES string of the molecule is CC1OC2(NC(=N)c3ccc(Sc4ccc(C(C)(C)C)cc4)cc32)O1. The van der Waals surface area contributed by atoms with Gasteiger partial charge in [-0.05, 0) is 48.2 Å². The third kappa shape index (κ3) is 2.86. The molecule has 1 spiro atoms. The molecule has 4 rings (SSSR count). The van der Waals surface area contributed by atoms with Crippen LogP contribution >= 0.6 is 11.8 Å². The Balaban J connectivity index is 1.60. The monoisotopic (exact) mass is 354 g/mol. The number of hydrogen-bond acceptors (Lipinski definition) is 4. The molecule has 1 saturated heterocycles. The molecule has 0 amide bonds. The molecular weight excluding hydrogens is 332 g/mol. The first-order valence-corrected chi connectivity index (χ1v) is 9.24. The molecule has 0 unspecified atom stereocenters. The summed E-state index contributed by atoms with van der Waals surface area (Å²) >= 11 is 1.70. The van der Waals surface area contributed by atoms with Crippen LogP contribution in [-0.2, 0) is 20.8 Å². The molecule has 0 aliphatic carbocycles. The van der Waals surface area contributed by atoms with Gasteiger partial charge in [-0.2, -0.15) is 0 Å². The van der Waals surface area contributed by atoms with Crippen molar-refractivity contribution in [3.63, 3.8) is 0 Å². The molecule has 0 radical (unpaired) electrons. The van der Waals surface area contributed by atoms with Crippen LogP contribution in [0.25, 0.3) is 0 Å². The number of nitrogens with one attached hydrogen (secondary N) is 2.